The molecule has 2 rings (SSSR count). The molecule has 0 amide bonds. The molecule has 1 unspecified atom stereocenters. The van der Waals surface area contributed by atoms with Gasteiger partial charge in [0.1, 0.15) is 0 Å². The second kappa shape index (κ2) is 3.13. The molecule has 2 aliphatic rings. The zero-order chi connectivity index (χ0) is 9.47. The van der Waals surface area contributed by atoms with Gasteiger partial charge in [-0.3, -0.25) is 4.99 Å². The van der Waals surface area contributed by atoms with Crippen molar-refractivity contribution in [1.29, 1.82) is 0 Å². The van der Waals surface area contributed by atoms with Crippen LogP contribution in [0.4, 0.5) is 0 Å². The summed E-state index contributed by atoms with van der Waals surface area (Å²) in [5.41, 5.74) is 2.84. The van der Waals surface area contributed by atoms with Crippen LogP contribution in [0.3, 0.4) is 0 Å². The van der Waals surface area contributed by atoms with Gasteiger partial charge in [-0.25, -0.2) is 0 Å². The summed E-state index contributed by atoms with van der Waals surface area (Å²) in [6.07, 6.45) is 6.58. The smallest absolute Gasteiger partial charge is 0.0589 e. The molecule has 1 saturated carbocycles. The Kier molecular flexibility index (Phi) is 2.23. The van der Waals surface area contributed by atoms with Crippen molar-refractivity contribution in [3.63, 3.8) is 0 Å². The lowest BCUT2D eigenvalue weighted by atomic mass is 9.85. The van der Waals surface area contributed by atoms with Gasteiger partial charge in [-0.1, -0.05) is 6.08 Å². The molecule has 1 fully saturated rings. The standard InChI is InChI=1S/C11H16ClN/c1-11(2)6-5-8-7-9(12)3-4-10(8)13-11/h5,9H,3-4,6-7H2,1-2H3. The fourth-order valence-corrected chi connectivity index (χ4v) is 2.30. The molecule has 72 valence electrons. The van der Waals surface area contributed by atoms with Crippen LogP contribution in [0.5, 0.6) is 0 Å². The van der Waals surface area contributed by atoms with Crippen LogP contribution in [0.25, 0.3) is 0 Å². The normalized spacial score (nSPS) is 31.8. The lowest BCUT2D eigenvalue weighted by molar-refractivity contribution is 0.515. The Balaban J connectivity index is 2.21. The van der Waals surface area contributed by atoms with Crippen molar-refractivity contribution in [1.82, 2.24) is 0 Å². The minimum Gasteiger partial charge on any atom is -0.283 e. The highest BCUT2D eigenvalue weighted by atomic mass is 35.5. The van der Waals surface area contributed by atoms with E-state index in [0.717, 1.165) is 25.7 Å². The summed E-state index contributed by atoms with van der Waals surface area (Å²) >= 11 is 6.11. The van der Waals surface area contributed by atoms with Crippen LogP contribution in [0, 0.1) is 0 Å². The van der Waals surface area contributed by atoms with E-state index in [4.69, 9.17) is 16.6 Å². The monoisotopic (exact) mass is 197 g/mol. The van der Waals surface area contributed by atoms with E-state index in [1.807, 2.05) is 0 Å². The van der Waals surface area contributed by atoms with E-state index in [1.54, 1.807) is 0 Å². The van der Waals surface area contributed by atoms with Crippen LogP contribution in [-0.4, -0.2) is 16.6 Å². The summed E-state index contributed by atoms with van der Waals surface area (Å²) in [6.45, 7) is 4.39. The Morgan fingerprint density at radius 1 is 1.54 bits per heavy atom. The van der Waals surface area contributed by atoms with Crippen molar-refractivity contribution in [3.8, 4) is 0 Å². The number of fused-ring (bicyclic) bond motifs is 1. The van der Waals surface area contributed by atoms with Gasteiger partial charge in [-0.2, -0.15) is 0 Å². The molecule has 1 nitrogen and oxygen atoms in total. The average molecular weight is 198 g/mol. The maximum Gasteiger partial charge on any atom is 0.0589 e. The van der Waals surface area contributed by atoms with Gasteiger partial charge in [0.2, 0.25) is 0 Å². The van der Waals surface area contributed by atoms with Crippen LogP contribution in [-0.2, 0) is 0 Å². The first-order valence-corrected chi connectivity index (χ1v) is 5.43. The molecule has 13 heavy (non-hydrogen) atoms. The largest absolute Gasteiger partial charge is 0.283 e. The van der Waals surface area contributed by atoms with E-state index < -0.39 is 0 Å². The average Bonchev–Trinajstić information content (AvgIpc) is 2.05. The summed E-state index contributed by atoms with van der Waals surface area (Å²) in [5, 5.41) is 0.339. The Bertz CT molecular complexity index is 276. The van der Waals surface area contributed by atoms with Gasteiger partial charge in [0.05, 0.1) is 5.54 Å². The van der Waals surface area contributed by atoms with Gasteiger partial charge in [-0.05, 0) is 45.1 Å². The molecule has 0 saturated heterocycles. The van der Waals surface area contributed by atoms with Gasteiger partial charge >= 0.3 is 0 Å². The third-order valence-corrected chi connectivity index (χ3v) is 3.16. The van der Waals surface area contributed by atoms with Crippen molar-refractivity contribution in [2.24, 2.45) is 4.99 Å². The molecule has 0 aromatic rings. The fourth-order valence-electron chi connectivity index (χ4n) is 2.03. The van der Waals surface area contributed by atoms with Gasteiger partial charge in [0.25, 0.3) is 0 Å². The van der Waals surface area contributed by atoms with Crippen molar-refractivity contribution >= 4 is 17.3 Å². The minimum absolute atomic E-state index is 0.123. The van der Waals surface area contributed by atoms with E-state index in [1.165, 1.54) is 11.3 Å². The summed E-state index contributed by atoms with van der Waals surface area (Å²) < 4.78 is 0. The summed E-state index contributed by atoms with van der Waals surface area (Å²) in [4.78, 5) is 4.76. The molecule has 0 radical (unpaired) electrons. The van der Waals surface area contributed by atoms with Gasteiger partial charge in [0.15, 0.2) is 0 Å². The molecule has 0 aromatic carbocycles. The van der Waals surface area contributed by atoms with E-state index in [-0.39, 0.29) is 5.54 Å². The van der Waals surface area contributed by atoms with Crippen LogP contribution in [0.2, 0.25) is 0 Å². The van der Waals surface area contributed by atoms with Crippen LogP contribution in [0.1, 0.15) is 39.5 Å². The molecular weight excluding hydrogens is 182 g/mol. The Morgan fingerprint density at radius 2 is 2.31 bits per heavy atom. The number of allylic oxidation sites excluding steroid dienone is 1. The Morgan fingerprint density at radius 3 is 3.08 bits per heavy atom. The van der Waals surface area contributed by atoms with Gasteiger partial charge in [-0.15, -0.1) is 11.6 Å². The molecule has 1 aliphatic heterocycles. The first-order chi connectivity index (χ1) is 6.07. The maximum atomic E-state index is 6.11. The van der Waals surface area contributed by atoms with Crippen molar-refractivity contribution in [3.05, 3.63) is 11.6 Å². The van der Waals surface area contributed by atoms with E-state index in [2.05, 4.69) is 19.9 Å². The zero-order valence-electron chi connectivity index (χ0n) is 8.31. The highest BCUT2D eigenvalue weighted by molar-refractivity contribution is 6.22. The lowest BCUT2D eigenvalue weighted by Gasteiger charge is -2.30. The second-order valence-electron chi connectivity index (χ2n) is 4.64. The first-order valence-electron chi connectivity index (χ1n) is 4.99. The van der Waals surface area contributed by atoms with Crippen molar-refractivity contribution < 1.29 is 0 Å². The van der Waals surface area contributed by atoms with Crippen LogP contribution >= 0.6 is 11.6 Å². The molecule has 0 bridgehead atoms. The molecule has 0 aromatic heterocycles. The number of nitrogens with zero attached hydrogens (tertiary/aromatic N) is 1. The van der Waals surface area contributed by atoms with Gasteiger partial charge in [0, 0.05) is 11.1 Å². The van der Waals surface area contributed by atoms with Crippen molar-refractivity contribution in [2.75, 3.05) is 0 Å². The van der Waals surface area contributed by atoms with Crippen LogP contribution < -0.4 is 0 Å². The lowest BCUT2D eigenvalue weighted by Crippen LogP contribution is -2.27. The minimum atomic E-state index is 0.123. The molecule has 2 heteroatoms. The third-order valence-electron chi connectivity index (χ3n) is 2.79. The third kappa shape index (κ3) is 1.96. The number of rotatable bonds is 0. The highest BCUT2D eigenvalue weighted by Crippen LogP contribution is 2.32. The number of halogens is 1. The number of aliphatic imine (C=N–C) groups is 1. The SMILES string of the molecule is CC1(C)CC=C2CC(Cl)CCC2=N1. The predicted octanol–water partition coefficient (Wildman–Crippen LogP) is 3.33. The van der Waals surface area contributed by atoms with E-state index >= 15 is 0 Å². The van der Waals surface area contributed by atoms with Gasteiger partial charge < -0.3 is 0 Å². The quantitative estimate of drug-likeness (QED) is 0.529. The molecular formula is C11H16ClN. The maximum absolute atomic E-state index is 6.11. The number of hydrogen-bond donors (Lipinski definition) is 0. The topological polar surface area (TPSA) is 12.4 Å². The molecule has 0 spiro atoms. The number of dihydropyridines is 1. The Hall–Kier alpha value is -0.300. The van der Waals surface area contributed by atoms with E-state index in [9.17, 15) is 0 Å². The second-order valence-corrected chi connectivity index (χ2v) is 5.26. The van der Waals surface area contributed by atoms with Crippen molar-refractivity contribution in [2.45, 2.75) is 50.4 Å². The first kappa shape index (κ1) is 9.26. The zero-order valence-corrected chi connectivity index (χ0v) is 9.06. The molecule has 1 atom stereocenters. The van der Waals surface area contributed by atoms with E-state index in [0.29, 0.717) is 5.38 Å². The summed E-state index contributed by atoms with van der Waals surface area (Å²) in [6, 6.07) is 0. The van der Waals surface area contributed by atoms with Crippen LogP contribution in [0.15, 0.2) is 16.6 Å². The predicted molar refractivity (Wildman–Crippen MR) is 57.7 cm³/mol. The molecule has 1 heterocycles. The summed E-state index contributed by atoms with van der Waals surface area (Å²) in [7, 11) is 0. The highest BCUT2D eigenvalue weighted by Gasteiger charge is 2.27. The number of alkyl halides is 1. The molecule has 1 aliphatic carbocycles. The fraction of sp³-hybridized carbons (Fsp3) is 0.727. The molecule has 0 N–H and O–H groups in total. The summed E-state index contributed by atoms with van der Waals surface area (Å²) in [5.74, 6) is 0. The Labute approximate surface area is 84.9 Å². The number of hydrogen-bond acceptors (Lipinski definition) is 1.